The van der Waals surface area contributed by atoms with Crippen molar-refractivity contribution in [2.45, 2.75) is 45.2 Å². The molecule has 88 valence electrons. The van der Waals surface area contributed by atoms with E-state index in [2.05, 4.69) is 31.0 Å². The Morgan fingerprint density at radius 3 is 2.69 bits per heavy atom. The van der Waals surface area contributed by atoms with Gasteiger partial charge in [0, 0.05) is 18.3 Å². The van der Waals surface area contributed by atoms with E-state index in [0.29, 0.717) is 0 Å². The van der Waals surface area contributed by atoms with Crippen LogP contribution in [-0.2, 0) is 6.54 Å². The Morgan fingerprint density at radius 2 is 2.00 bits per heavy atom. The highest BCUT2D eigenvalue weighted by molar-refractivity contribution is 5.48. The zero-order chi connectivity index (χ0) is 11.5. The molecule has 0 atom stereocenters. The lowest BCUT2D eigenvalue weighted by atomic mass is 10.1. The highest BCUT2D eigenvalue weighted by atomic mass is 15.1. The van der Waals surface area contributed by atoms with E-state index in [1.54, 1.807) is 0 Å². The second-order valence-corrected chi connectivity index (χ2v) is 5.06. The average Bonchev–Trinajstić information content (AvgIpc) is 2.76. The maximum Gasteiger partial charge on any atom is 0.0359 e. The summed E-state index contributed by atoms with van der Waals surface area (Å²) >= 11 is 0. The molecule has 0 heterocycles. The Hall–Kier alpha value is -1.02. The molecule has 2 heteroatoms. The summed E-state index contributed by atoms with van der Waals surface area (Å²) in [6.45, 7) is 3.11. The van der Waals surface area contributed by atoms with E-state index in [1.165, 1.54) is 36.8 Å². The summed E-state index contributed by atoms with van der Waals surface area (Å²) in [4.78, 5) is 2.46. The Labute approximate surface area is 98.4 Å². The molecule has 0 unspecified atom stereocenters. The summed E-state index contributed by atoms with van der Waals surface area (Å²) in [7, 11) is 2.22. The molecule has 0 aliphatic heterocycles. The van der Waals surface area contributed by atoms with Crippen LogP contribution in [-0.4, -0.2) is 18.0 Å². The van der Waals surface area contributed by atoms with Gasteiger partial charge in [0.25, 0.3) is 0 Å². The molecule has 1 saturated carbocycles. The number of benzene rings is 1. The number of nitrogen functional groups attached to an aromatic ring is 1. The standard InChI is InChI=1S/C14H22N2/c1-11-7-8-14(15)12(9-11)10-16(2)13-5-3-4-6-13/h7-9,13H,3-6,10,15H2,1-2H3. The first-order chi connectivity index (χ1) is 7.66. The minimum absolute atomic E-state index is 0.764. The van der Waals surface area contributed by atoms with Crippen LogP contribution in [0.5, 0.6) is 0 Å². The van der Waals surface area contributed by atoms with Crippen LogP contribution in [0.4, 0.5) is 5.69 Å². The molecule has 0 radical (unpaired) electrons. The van der Waals surface area contributed by atoms with Crippen molar-refractivity contribution in [3.8, 4) is 0 Å². The predicted octanol–water partition coefficient (Wildman–Crippen LogP) is 2.95. The van der Waals surface area contributed by atoms with Crippen LogP contribution in [0.15, 0.2) is 18.2 Å². The third-order valence-corrected chi connectivity index (χ3v) is 3.67. The fraction of sp³-hybridized carbons (Fsp3) is 0.571. The van der Waals surface area contributed by atoms with Crippen LogP contribution in [0.2, 0.25) is 0 Å². The number of rotatable bonds is 3. The lowest BCUT2D eigenvalue weighted by Gasteiger charge is -2.24. The zero-order valence-corrected chi connectivity index (χ0v) is 10.4. The largest absolute Gasteiger partial charge is 0.398 e. The van der Waals surface area contributed by atoms with E-state index < -0.39 is 0 Å². The normalized spacial score (nSPS) is 17.2. The molecule has 0 aromatic heterocycles. The molecule has 1 fully saturated rings. The summed E-state index contributed by atoms with van der Waals surface area (Å²) in [5.41, 5.74) is 9.50. The fourth-order valence-electron chi connectivity index (χ4n) is 2.61. The van der Waals surface area contributed by atoms with E-state index >= 15 is 0 Å². The van der Waals surface area contributed by atoms with E-state index in [0.717, 1.165) is 18.3 Å². The molecule has 2 rings (SSSR count). The second kappa shape index (κ2) is 4.88. The van der Waals surface area contributed by atoms with Crippen molar-refractivity contribution in [3.63, 3.8) is 0 Å². The monoisotopic (exact) mass is 218 g/mol. The van der Waals surface area contributed by atoms with Crippen molar-refractivity contribution in [1.29, 1.82) is 0 Å². The SMILES string of the molecule is Cc1ccc(N)c(CN(C)C2CCCC2)c1. The molecule has 1 aliphatic rings. The van der Waals surface area contributed by atoms with Gasteiger partial charge < -0.3 is 5.73 Å². The van der Waals surface area contributed by atoms with Gasteiger partial charge >= 0.3 is 0 Å². The Bertz CT molecular complexity index is 354. The van der Waals surface area contributed by atoms with Crippen LogP contribution < -0.4 is 5.73 Å². The summed E-state index contributed by atoms with van der Waals surface area (Å²) < 4.78 is 0. The Morgan fingerprint density at radius 1 is 1.31 bits per heavy atom. The topological polar surface area (TPSA) is 29.3 Å². The van der Waals surface area contributed by atoms with E-state index in [9.17, 15) is 0 Å². The van der Waals surface area contributed by atoms with Gasteiger partial charge in [-0.1, -0.05) is 30.5 Å². The Balaban J connectivity index is 2.04. The summed E-state index contributed by atoms with van der Waals surface area (Å²) in [6, 6.07) is 7.07. The summed E-state index contributed by atoms with van der Waals surface area (Å²) in [6.07, 6.45) is 5.47. The van der Waals surface area contributed by atoms with E-state index in [4.69, 9.17) is 5.73 Å². The van der Waals surface area contributed by atoms with Crippen molar-refractivity contribution in [3.05, 3.63) is 29.3 Å². The van der Waals surface area contributed by atoms with Crippen molar-refractivity contribution >= 4 is 5.69 Å². The molecule has 2 nitrogen and oxygen atoms in total. The number of nitrogens with two attached hydrogens (primary N) is 1. The van der Waals surface area contributed by atoms with Gasteiger partial charge in [-0.2, -0.15) is 0 Å². The fourth-order valence-corrected chi connectivity index (χ4v) is 2.61. The summed E-state index contributed by atoms with van der Waals surface area (Å²) in [5, 5.41) is 0. The van der Waals surface area contributed by atoms with Crippen LogP contribution in [0, 0.1) is 6.92 Å². The smallest absolute Gasteiger partial charge is 0.0359 e. The number of hydrogen-bond donors (Lipinski definition) is 1. The second-order valence-electron chi connectivity index (χ2n) is 5.06. The minimum atomic E-state index is 0.764. The van der Waals surface area contributed by atoms with Gasteiger partial charge in [-0.3, -0.25) is 4.90 Å². The van der Waals surface area contributed by atoms with Crippen molar-refractivity contribution in [2.24, 2.45) is 0 Å². The van der Waals surface area contributed by atoms with Crippen molar-refractivity contribution < 1.29 is 0 Å². The zero-order valence-electron chi connectivity index (χ0n) is 10.4. The van der Waals surface area contributed by atoms with Gasteiger partial charge in [-0.25, -0.2) is 0 Å². The molecule has 1 aliphatic carbocycles. The first-order valence-electron chi connectivity index (χ1n) is 6.22. The maximum absolute atomic E-state index is 6.01. The highest BCUT2D eigenvalue weighted by Crippen LogP contribution is 2.25. The minimum Gasteiger partial charge on any atom is -0.398 e. The van der Waals surface area contributed by atoms with Crippen molar-refractivity contribution in [1.82, 2.24) is 4.90 Å². The first-order valence-corrected chi connectivity index (χ1v) is 6.22. The molecule has 16 heavy (non-hydrogen) atoms. The lowest BCUT2D eigenvalue weighted by Crippen LogP contribution is -2.28. The molecule has 2 N–H and O–H groups in total. The van der Waals surface area contributed by atoms with Crippen LogP contribution in [0.3, 0.4) is 0 Å². The van der Waals surface area contributed by atoms with Crippen LogP contribution in [0.25, 0.3) is 0 Å². The van der Waals surface area contributed by atoms with E-state index in [-0.39, 0.29) is 0 Å². The van der Waals surface area contributed by atoms with Crippen molar-refractivity contribution in [2.75, 3.05) is 12.8 Å². The average molecular weight is 218 g/mol. The number of hydrogen-bond acceptors (Lipinski definition) is 2. The van der Waals surface area contributed by atoms with E-state index in [1.807, 2.05) is 6.07 Å². The molecule has 1 aromatic carbocycles. The predicted molar refractivity (Wildman–Crippen MR) is 69.3 cm³/mol. The first kappa shape index (κ1) is 11.5. The number of anilines is 1. The number of aryl methyl sites for hydroxylation is 1. The maximum atomic E-state index is 6.01. The van der Waals surface area contributed by atoms with Gasteiger partial charge in [0.2, 0.25) is 0 Å². The third-order valence-electron chi connectivity index (χ3n) is 3.67. The molecule has 0 spiro atoms. The van der Waals surface area contributed by atoms with Gasteiger partial charge in [0.1, 0.15) is 0 Å². The van der Waals surface area contributed by atoms with Gasteiger partial charge in [-0.05, 0) is 38.4 Å². The van der Waals surface area contributed by atoms with Crippen LogP contribution in [0.1, 0.15) is 36.8 Å². The molecule has 0 saturated heterocycles. The Kier molecular flexibility index (Phi) is 3.49. The number of nitrogens with zero attached hydrogens (tertiary/aromatic N) is 1. The molecular weight excluding hydrogens is 196 g/mol. The van der Waals surface area contributed by atoms with Gasteiger partial charge in [0.05, 0.1) is 0 Å². The van der Waals surface area contributed by atoms with Crippen LogP contribution >= 0.6 is 0 Å². The summed E-state index contributed by atoms with van der Waals surface area (Å²) in [5.74, 6) is 0. The molecule has 0 bridgehead atoms. The molecule has 0 amide bonds. The lowest BCUT2D eigenvalue weighted by molar-refractivity contribution is 0.238. The van der Waals surface area contributed by atoms with Gasteiger partial charge in [0.15, 0.2) is 0 Å². The highest BCUT2D eigenvalue weighted by Gasteiger charge is 2.19. The third kappa shape index (κ3) is 2.56. The molecular formula is C14H22N2. The molecule has 1 aromatic rings. The quantitative estimate of drug-likeness (QED) is 0.790. The van der Waals surface area contributed by atoms with Gasteiger partial charge in [-0.15, -0.1) is 0 Å².